The molecule has 0 bridgehead atoms. The highest BCUT2D eigenvalue weighted by atomic mass is 35.5. The number of hydrogen-bond acceptors (Lipinski definition) is 10. The van der Waals surface area contributed by atoms with E-state index in [1.54, 1.807) is 54.6 Å². The first kappa shape index (κ1) is 29.3. The van der Waals surface area contributed by atoms with E-state index in [1.807, 2.05) is 12.3 Å². The number of hydrogen-bond donors (Lipinski definition) is 3. The number of nitrogens with one attached hydrogen (secondary N) is 3. The first-order valence-electron chi connectivity index (χ1n) is 12.8. The van der Waals surface area contributed by atoms with E-state index in [1.165, 1.54) is 35.5 Å². The van der Waals surface area contributed by atoms with Crippen LogP contribution >= 0.6 is 22.9 Å². The van der Waals surface area contributed by atoms with Gasteiger partial charge in [0.05, 0.1) is 35.1 Å². The lowest BCUT2D eigenvalue weighted by Gasteiger charge is -2.17. The van der Waals surface area contributed by atoms with E-state index in [-0.39, 0.29) is 0 Å². The van der Waals surface area contributed by atoms with Crippen LogP contribution in [0.15, 0.2) is 71.1 Å². The largest absolute Gasteiger partial charge is 0.453 e. The van der Waals surface area contributed by atoms with Crippen molar-refractivity contribution < 1.29 is 14.3 Å². The normalized spacial score (nSPS) is 11.8. The first-order valence-corrected chi connectivity index (χ1v) is 14.0. The van der Waals surface area contributed by atoms with Crippen LogP contribution in [0.1, 0.15) is 28.0 Å². The molecule has 3 aromatic heterocycles. The summed E-state index contributed by atoms with van der Waals surface area (Å²) >= 11 is 7.67. The van der Waals surface area contributed by atoms with Gasteiger partial charge >= 0.3 is 6.09 Å². The number of nitrogens with zero attached hydrogens (tertiary/aromatic N) is 6. The summed E-state index contributed by atoms with van der Waals surface area (Å²) in [4.78, 5) is 42.0. The Morgan fingerprint density at radius 1 is 1.19 bits per heavy atom. The molecule has 0 spiro atoms. The predicted molar refractivity (Wildman–Crippen MR) is 161 cm³/mol. The molecule has 0 saturated heterocycles. The highest BCUT2D eigenvalue weighted by Gasteiger charge is 2.20. The Labute approximate surface area is 253 Å². The molecule has 0 saturated carbocycles. The van der Waals surface area contributed by atoms with Gasteiger partial charge in [0.25, 0.3) is 5.56 Å². The van der Waals surface area contributed by atoms with Crippen LogP contribution in [-0.4, -0.2) is 54.5 Å². The van der Waals surface area contributed by atoms with E-state index in [0.717, 1.165) is 10.7 Å². The van der Waals surface area contributed by atoms with Crippen molar-refractivity contribution in [2.24, 2.45) is 0 Å². The number of carbonyl (C=O) groups is 2. The fourth-order valence-corrected chi connectivity index (χ4v) is 5.14. The Hall–Kier alpha value is -5.21. The Kier molecular flexibility index (Phi) is 8.98. The highest BCUT2D eigenvalue weighted by molar-refractivity contribution is 7.09. The molecule has 3 heterocycles. The fourth-order valence-electron chi connectivity index (χ4n) is 4.14. The van der Waals surface area contributed by atoms with Crippen molar-refractivity contribution in [2.75, 3.05) is 12.4 Å². The number of aromatic amines is 1. The molecule has 5 aromatic rings. The zero-order chi connectivity index (χ0) is 30.3. The monoisotopic (exact) mass is 617 g/mol. The second-order valence-corrected chi connectivity index (χ2v) is 10.5. The average molecular weight is 618 g/mol. The molecule has 1 atom stereocenters. The lowest BCUT2D eigenvalue weighted by Crippen LogP contribution is -2.30. The third kappa shape index (κ3) is 7.36. The van der Waals surface area contributed by atoms with Crippen molar-refractivity contribution >= 4 is 46.7 Å². The number of benzene rings is 2. The minimum Gasteiger partial charge on any atom is -0.453 e. The van der Waals surface area contributed by atoms with Crippen LogP contribution in [0.2, 0.25) is 5.02 Å². The molecule has 0 aliphatic rings. The van der Waals surface area contributed by atoms with Gasteiger partial charge in [0.15, 0.2) is 0 Å². The Balaban J connectivity index is 1.42. The van der Waals surface area contributed by atoms with Crippen LogP contribution in [-0.2, 0) is 16.0 Å². The second kappa shape index (κ2) is 13.2. The topological polar surface area (TPSA) is 170 Å². The molecule has 0 aliphatic carbocycles. The van der Waals surface area contributed by atoms with Crippen molar-refractivity contribution in [3.63, 3.8) is 0 Å². The van der Waals surface area contributed by atoms with Gasteiger partial charge in [-0.2, -0.15) is 9.78 Å². The summed E-state index contributed by atoms with van der Waals surface area (Å²) in [6, 6.07) is 12.8. The number of tetrazole rings is 1. The van der Waals surface area contributed by atoms with Crippen molar-refractivity contribution in [1.82, 2.24) is 40.7 Å². The molecule has 3 N–H and O–H groups in total. The molecule has 13 nitrogen and oxygen atoms in total. The Morgan fingerprint density at radius 2 is 2.00 bits per heavy atom. The summed E-state index contributed by atoms with van der Waals surface area (Å²) in [5.74, 6) is -0.409. The smallest absolute Gasteiger partial charge is 0.411 e. The van der Waals surface area contributed by atoms with E-state index in [0.29, 0.717) is 45.2 Å². The molecule has 43 heavy (non-hydrogen) atoms. The number of aryl methyl sites for hydroxylation is 1. The molecule has 0 aliphatic heterocycles. The van der Waals surface area contributed by atoms with Gasteiger partial charge in [0.1, 0.15) is 6.33 Å². The van der Waals surface area contributed by atoms with Crippen LogP contribution in [0.25, 0.3) is 22.9 Å². The van der Waals surface area contributed by atoms with Crippen LogP contribution in [0, 0.1) is 6.92 Å². The van der Waals surface area contributed by atoms with Gasteiger partial charge in [-0.15, -0.1) is 16.4 Å². The number of H-pyrrole nitrogens is 1. The molecule has 0 unspecified atom stereocenters. The predicted octanol–water partition coefficient (Wildman–Crippen LogP) is 4.12. The molecule has 2 aromatic carbocycles. The molecule has 5 rings (SSSR count). The number of thiazole rings is 1. The van der Waals surface area contributed by atoms with Gasteiger partial charge in [-0.1, -0.05) is 23.7 Å². The number of amides is 2. The minimum atomic E-state index is -0.628. The molecule has 2 amide bonds. The number of methoxy groups -OCH3 is 1. The van der Waals surface area contributed by atoms with Crippen LogP contribution in [0.5, 0.6) is 0 Å². The van der Waals surface area contributed by atoms with E-state index >= 15 is 0 Å². The maximum atomic E-state index is 13.2. The Morgan fingerprint density at radius 3 is 2.70 bits per heavy atom. The van der Waals surface area contributed by atoms with Crippen molar-refractivity contribution in [1.29, 1.82) is 0 Å². The van der Waals surface area contributed by atoms with Gasteiger partial charge in [-0.05, 0) is 65.4 Å². The van der Waals surface area contributed by atoms with Gasteiger partial charge < -0.3 is 10.1 Å². The molecule has 0 radical (unpaired) electrons. The minimum absolute atomic E-state index is 0.338. The first-order chi connectivity index (χ1) is 20.8. The molecular weight excluding hydrogens is 594 g/mol. The van der Waals surface area contributed by atoms with Crippen LogP contribution < -0.4 is 16.2 Å². The average Bonchev–Trinajstić information content (AvgIpc) is 3.68. The summed E-state index contributed by atoms with van der Waals surface area (Å²) in [5, 5.41) is 26.8. The van der Waals surface area contributed by atoms with Gasteiger partial charge in [-0.25, -0.2) is 14.9 Å². The number of aromatic nitrogens is 7. The zero-order valence-electron chi connectivity index (χ0n) is 22.8. The number of halogens is 1. The Bertz CT molecular complexity index is 1840. The van der Waals surface area contributed by atoms with E-state index in [2.05, 4.69) is 46.1 Å². The summed E-state index contributed by atoms with van der Waals surface area (Å²) in [6.45, 7) is 1.89. The van der Waals surface area contributed by atoms with Gasteiger partial charge in [-0.3, -0.25) is 14.9 Å². The molecule has 15 heteroatoms. The van der Waals surface area contributed by atoms with Crippen molar-refractivity contribution in [2.45, 2.75) is 19.4 Å². The van der Waals surface area contributed by atoms with Crippen LogP contribution in [0.3, 0.4) is 0 Å². The number of ether oxygens (including phenoxy) is 1. The number of carbonyl (C=O) groups excluding carboxylic acids is 2. The summed E-state index contributed by atoms with van der Waals surface area (Å²) in [7, 11) is 1.27. The maximum absolute atomic E-state index is 13.2. The quantitative estimate of drug-likeness (QED) is 0.206. The van der Waals surface area contributed by atoms with E-state index in [9.17, 15) is 14.4 Å². The van der Waals surface area contributed by atoms with E-state index < -0.39 is 23.6 Å². The number of anilines is 1. The lowest BCUT2D eigenvalue weighted by atomic mass is 10.0. The van der Waals surface area contributed by atoms with Gasteiger partial charge in [0.2, 0.25) is 5.91 Å². The van der Waals surface area contributed by atoms with Gasteiger partial charge in [0, 0.05) is 39.8 Å². The second-order valence-electron chi connectivity index (χ2n) is 9.17. The maximum Gasteiger partial charge on any atom is 0.411 e. The third-order valence-corrected chi connectivity index (χ3v) is 7.39. The molecule has 0 fully saturated rings. The third-order valence-electron chi connectivity index (χ3n) is 6.17. The highest BCUT2D eigenvalue weighted by Crippen LogP contribution is 2.24. The summed E-state index contributed by atoms with van der Waals surface area (Å²) < 4.78 is 6.07. The SMILES string of the molecule is COC(=O)Nc1ccc(-c2cc([C@H](Cc3nc(C)cs3)NC(=O)C=Cc3cc(Cl)ccc3-n3cnnn3)n[nH]c2=O)cc1. The summed E-state index contributed by atoms with van der Waals surface area (Å²) in [5.41, 5.74) is 3.56. The van der Waals surface area contributed by atoms with Crippen molar-refractivity contribution in [3.05, 3.63) is 104 Å². The van der Waals surface area contributed by atoms with Crippen LogP contribution in [0.4, 0.5) is 10.5 Å². The van der Waals surface area contributed by atoms with Crippen molar-refractivity contribution in [3.8, 4) is 16.8 Å². The number of rotatable bonds is 9. The standard InChI is InChI=1S/C28H24ClN9O4S/c1-16-14-43-26(31-16)13-22(33-25(39)10-5-18-11-19(29)6-9-24(18)38-15-30-36-37-38)23-12-21(27(40)35-34-23)17-3-7-20(8-4-17)32-28(41)42-2/h3-12,14-15,22H,13H2,1-2H3,(H,32,41)(H,33,39)(H,35,40)/t22-/m0/s1. The lowest BCUT2D eigenvalue weighted by molar-refractivity contribution is -0.117. The zero-order valence-corrected chi connectivity index (χ0v) is 24.4. The molecule has 218 valence electrons. The summed E-state index contributed by atoms with van der Waals surface area (Å²) in [6.07, 6.45) is 4.15. The molecular formula is C28H24ClN9O4S. The fraction of sp³-hybridized carbons (Fsp3) is 0.143. The van der Waals surface area contributed by atoms with E-state index in [4.69, 9.17) is 11.6 Å².